The molecule has 0 aromatic heterocycles. The Kier molecular flexibility index (Phi) is 4.31. The molecule has 0 radical (unpaired) electrons. The zero-order valence-electron chi connectivity index (χ0n) is 10.6. The Morgan fingerprint density at radius 1 is 0.947 bits per heavy atom. The number of rotatable bonds is 5. The van der Waals surface area contributed by atoms with Gasteiger partial charge in [0.25, 0.3) is 0 Å². The maximum atomic E-state index is 11.0. The summed E-state index contributed by atoms with van der Waals surface area (Å²) >= 11 is 0. The SMILES string of the molecule is NC(CC(c1ccccc1)c1ccccc1)C(=O)O. The van der Waals surface area contributed by atoms with Crippen molar-refractivity contribution >= 4 is 5.97 Å². The summed E-state index contributed by atoms with van der Waals surface area (Å²) in [5.74, 6) is -0.953. The highest BCUT2D eigenvalue weighted by molar-refractivity contribution is 5.73. The molecule has 0 saturated carbocycles. The number of carboxylic acids is 1. The van der Waals surface area contributed by atoms with Crippen LogP contribution in [-0.2, 0) is 4.79 Å². The van der Waals surface area contributed by atoms with Crippen molar-refractivity contribution in [1.29, 1.82) is 0 Å². The molecule has 0 spiro atoms. The van der Waals surface area contributed by atoms with Crippen LogP contribution in [0, 0.1) is 0 Å². The van der Waals surface area contributed by atoms with Crippen molar-refractivity contribution in [3.63, 3.8) is 0 Å². The summed E-state index contributed by atoms with van der Waals surface area (Å²) in [5.41, 5.74) is 7.87. The van der Waals surface area contributed by atoms with Gasteiger partial charge in [-0.25, -0.2) is 0 Å². The van der Waals surface area contributed by atoms with Crippen LogP contribution in [0.5, 0.6) is 0 Å². The minimum Gasteiger partial charge on any atom is -0.480 e. The number of hydrogen-bond acceptors (Lipinski definition) is 2. The van der Waals surface area contributed by atoms with Gasteiger partial charge in [0.05, 0.1) is 0 Å². The Hall–Kier alpha value is -2.13. The summed E-state index contributed by atoms with van der Waals surface area (Å²) in [7, 11) is 0. The van der Waals surface area contributed by atoms with Gasteiger partial charge in [-0.2, -0.15) is 0 Å². The highest BCUT2D eigenvalue weighted by atomic mass is 16.4. The van der Waals surface area contributed by atoms with E-state index < -0.39 is 12.0 Å². The van der Waals surface area contributed by atoms with Crippen LogP contribution < -0.4 is 5.73 Å². The average Bonchev–Trinajstić information content (AvgIpc) is 2.46. The Morgan fingerprint density at radius 2 is 1.37 bits per heavy atom. The Labute approximate surface area is 112 Å². The topological polar surface area (TPSA) is 63.3 Å². The van der Waals surface area contributed by atoms with Crippen molar-refractivity contribution in [2.45, 2.75) is 18.4 Å². The molecule has 0 fully saturated rings. The van der Waals surface area contributed by atoms with E-state index in [9.17, 15) is 4.79 Å². The summed E-state index contributed by atoms with van der Waals surface area (Å²) in [5, 5.41) is 9.00. The summed E-state index contributed by atoms with van der Waals surface area (Å²) in [6, 6.07) is 18.9. The van der Waals surface area contributed by atoms with Crippen molar-refractivity contribution in [2.75, 3.05) is 0 Å². The molecule has 2 aromatic rings. The lowest BCUT2D eigenvalue weighted by atomic mass is 9.86. The lowest BCUT2D eigenvalue weighted by Gasteiger charge is -2.20. The molecule has 1 atom stereocenters. The van der Waals surface area contributed by atoms with Crippen LogP contribution >= 0.6 is 0 Å². The maximum absolute atomic E-state index is 11.0. The van der Waals surface area contributed by atoms with E-state index in [2.05, 4.69) is 0 Å². The maximum Gasteiger partial charge on any atom is 0.320 e. The van der Waals surface area contributed by atoms with Crippen LogP contribution in [0.1, 0.15) is 23.5 Å². The molecule has 2 aromatic carbocycles. The minimum absolute atomic E-state index is 0.00787. The quantitative estimate of drug-likeness (QED) is 0.863. The number of nitrogens with two attached hydrogens (primary N) is 1. The number of carboxylic acid groups (broad SMARTS) is 1. The van der Waals surface area contributed by atoms with Gasteiger partial charge in [0.2, 0.25) is 0 Å². The van der Waals surface area contributed by atoms with Crippen LogP contribution in [-0.4, -0.2) is 17.1 Å². The summed E-state index contributed by atoms with van der Waals surface area (Å²) < 4.78 is 0. The molecular weight excluding hydrogens is 238 g/mol. The third kappa shape index (κ3) is 3.42. The molecule has 0 aliphatic rings. The van der Waals surface area contributed by atoms with Gasteiger partial charge < -0.3 is 10.8 Å². The van der Waals surface area contributed by atoms with E-state index >= 15 is 0 Å². The lowest BCUT2D eigenvalue weighted by molar-refractivity contribution is -0.138. The molecule has 19 heavy (non-hydrogen) atoms. The standard InChI is InChI=1S/C16H17NO2/c17-15(16(18)19)11-14(12-7-3-1-4-8-12)13-9-5-2-6-10-13/h1-10,14-15H,11,17H2,(H,18,19). The fourth-order valence-corrected chi connectivity index (χ4v) is 2.19. The van der Waals surface area contributed by atoms with Crippen LogP contribution in [0.25, 0.3) is 0 Å². The number of benzene rings is 2. The molecule has 0 heterocycles. The molecule has 0 saturated heterocycles. The molecule has 3 nitrogen and oxygen atoms in total. The molecule has 98 valence electrons. The summed E-state index contributed by atoms with van der Waals surface area (Å²) in [4.78, 5) is 11.0. The van der Waals surface area contributed by atoms with E-state index in [-0.39, 0.29) is 5.92 Å². The smallest absolute Gasteiger partial charge is 0.320 e. The zero-order valence-corrected chi connectivity index (χ0v) is 10.6. The number of aliphatic carboxylic acids is 1. The van der Waals surface area contributed by atoms with Crippen molar-refractivity contribution in [3.8, 4) is 0 Å². The number of carbonyl (C=O) groups is 1. The molecule has 3 N–H and O–H groups in total. The van der Waals surface area contributed by atoms with Crippen molar-refractivity contribution in [1.82, 2.24) is 0 Å². The lowest BCUT2D eigenvalue weighted by Crippen LogP contribution is -2.32. The van der Waals surface area contributed by atoms with E-state index in [4.69, 9.17) is 10.8 Å². The Balaban J connectivity index is 2.32. The molecular formula is C16H17NO2. The van der Waals surface area contributed by atoms with Gasteiger partial charge >= 0.3 is 5.97 Å². The first kappa shape index (κ1) is 13.3. The number of hydrogen-bond donors (Lipinski definition) is 2. The van der Waals surface area contributed by atoms with Gasteiger partial charge in [-0.05, 0) is 17.5 Å². The largest absolute Gasteiger partial charge is 0.480 e. The Bertz CT molecular complexity index is 485. The first-order valence-electron chi connectivity index (χ1n) is 6.26. The van der Waals surface area contributed by atoms with Crippen LogP contribution in [0.2, 0.25) is 0 Å². The summed E-state index contributed by atoms with van der Waals surface area (Å²) in [6.07, 6.45) is 0.392. The fraction of sp³-hybridized carbons (Fsp3) is 0.188. The highest BCUT2D eigenvalue weighted by Crippen LogP contribution is 2.28. The van der Waals surface area contributed by atoms with Gasteiger partial charge in [0, 0.05) is 5.92 Å². The van der Waals surface area contributed by atoms with Crippen molar-refractivity contribution in [3.05, 3.63) is 71.8 Å². The monoisotopic (exact) mass is 255 g/mol. The average molecular weight is 255 g/mol. The van der Waals surface area contributed by atoms with Gasteiger partial charge in [0.15, 0.2) is 0 Å². The second-order valence-electron chi connectivity index (χ2n) is 4.55. The Morgan fingerprint density at radius 3 is 1.74 bits per heavy atom. The van der Waals surface area contributed by atoms with Gasteiger partial charge in [-0.1, -0.05) is 60.7 Å². The van der Waals surface area contributed by atoms with Crippen LogP contribution in [0.15, 0.2) is 60.7 Å². The molecule has 0 bridgehead atoms. The summed E-state index contributed by atoms with van der Waals surface area (Å²) in [6.45, 7) is 0. The molecule has 1 unspecified atom stereocenters. The van der Waals surface area contributed by atoms with Crippen LogP contribution in [0.4, 0.5) is 0 Å². The molecule has 0 aliphatic heterocycles. The van der Waals surface area contributed by atoms with E-state index in [1.807, 2.05) is 60.7 Å². The molecule has 0 amide bonds. The van der Waals surface area contributed by atoms with E-state index in [0.29, 0.717) is 6.42 Å². The van der Waals surface area contributed by atoms with Gasteiger partial charge in [-0.15, -0.1) is 0 Å². The van der Waals surface area contributed by atoms with Crippen LogP contribution in [0.3, 0.4) is 0 Å². The first-order chi connectivity index (χ1) is 9.18. The molecule has 3 heteroatoms. The van der Waals surface area contributed by atoms with Crippen molar-refractivity contribution in [2.24, 2.45) is 5.73 Å². The first-order valence-corrected chi connectivity index (χ1v) is 6.26. The highest BCUT2D eigenvalue weighted by Gasteiger charge is 2.21. The van der Waals surface area contributed by atoms with Gasteiger partial charge in [0.1, 0.15) is 6.04 Å². The van der Waals surface area contributed by atoms with Gasteiger partial charge in [-0.3, -0.25) is 4.79 Å². The molecule has 0 aliphatic carbocycles. The fourth-order valence-electron chi connectivity index (χ4n) is 2.19. The predicted molar refractivity (Wildman–Crippen MR) is 75.0 cm³/mol. The minimum atomic E-state index is -0.961. The van der Waals surface area contributed by atoms with Crippen molar-refractivity contribution < 1.29 is 9.90 Å². The van der Waals surface area contributed by atoms with E-state index in [1.54, 1.807) is 0 Å². The third-order valence-corrected chi connectivity index (χ3v) is 3.21. The zero-order chi connectivity index (χ0) is 13.7. The predicted octanol–water partition coefficient (Wildman–Crippen LogP) is 2.62. The van der Waals surface area contributed by atoms with E-state index in [0.717, 1.165) is 11.1 Å². The second-order valence-corrected chi connectivity index (χ2v) is 4.55. The normalized spacial score (nSPS) is 12.3. The third-order valence-electron chi connectivity index (χ3n) is 3.21. The molecule has 2 rings (SSSR count). The second kappa shape index (κ2) is 6.16. The van der Waals surface area contributed by atoms with E-state index in [1.165, 1.54) is 0 Å².